The third-order valence-electron chi connectivity index (χ3n) is 4.34. The Bertz CT molecular complexity index is 853. The minimum atomic E-state index is -0.506. The van der Waals surface area contributed by atoms with Gasteiger partial charge < -0.3 is 15.8 Å². The summed E-state index contributed by atoms with van der Waals surface area (Å²) < 4.78 is 5.33. The molecule has 0 aliphatic heterocycles. The molecule has 0 saturated carbocycles. The van der Waals surface area contributed by atoms with Crippen molar-refractivity contribution in [3.8, 4) is 11.1 Å². The number of hydrogen-bond donors (Lipinski definition) is 2. The van der Waals surface area contributed by atoms with Crippen LogP contribution < -0.4 is 11.1 Å². The van der Waals surface area contributed by atoms with Crippen LogP contribution >= 0.6 is 0 Å². The van der Waals surface area contributed by atoms with Gasteiger partial charge in [0.15, 0.2) is 0 Å². The molecule has 3 N–H and O–H groups in total. The molecule has 5 nitrogen and oxygen atoms in total. The lowest BCUT2D eigenvalue weighted by Crippen LogP contribution is -2.39. The van der Waals surface area contributed by atoms with E-state index in [1.165, 1.54) is 11.1 Å². The van der Waals surface area contributed by atoms with E-state index in [4.69, 9.17) is 10.5 Å². The average Bonchev–Trinajstić information content (AvgIpc) is 2.94. The Labute approximate surface area is 153 Å². The second kappa shape index (κ2) is 6.83. The highest BCUT2D eigenvalue weighted by Gasteiger charge is 2.25. The van der Waals surface area contributed by atoms with Crippen molar-refractivity contribution in [3.05, 3.63) is 59.2 Å². The molecule has 1 aliphatic carbocycles. The Balaban J connectivity index is 1.73. The number of nitrogens with one attached hydrogen (secondary N) is 1. The lowest BCUT2D eigenvalue weighted by atomic mass is 9.99. The predicted octanol–water partition coefficient (Wildman–Crippen LogP) is 3.44. The third kappa shape index (κ3) is 4.23. The molecule has 0 fully saturated rings. The largest absolute Gasteiger partial charge is 0.444 e. The Morgan fingerprint density at radius 3 is 2.42 bits per heavy atom. The van der Waals surface area contributed by atoms with Crippen molar-refractivity contribution in [2.75, 3.05) is 0 Å². The second-order valence-corrected chi connectivity index (χ2v) is 7.68. The maximum atomic E-state index is 12.0. The molecule has 0 heterocycles. The fourth-order valence-corrected chi connectivity index (χ4v) is 3.23. The number of hydrogen-bond acceptors (Lipinski definition) is 3. The van der Waals surface area contributed by atoms with E-state index in [1.54, 1.807) is 12.1 Å². The molecule has 2 aromatic rings. The molecule has 0 spiro atoms. The van der Waals surface area contributed by atoms with Gasteiger partial charge in [0.25, 0.3) is 0 Å². The van der Waals surface area contributed by atoms with Crippen molar-refractivity contribution in [3.63, 3.8) is 0 Å². The monoisotopic (exact) mass is 352 g/mol. The van der Waals surface area contributed by atoms with Gasteiger partial charge in [-0.3, -0.25) is 4.79 Å². The van der Waals surface area contributed by atoms with Crippen LogP contribution in [0.3, 0.4) is 0 Å². The van der Waals surface area contributed by atoms with Gasteiger partial charge in [-0.15, -0.1) is 0 Å². The van der Waals surface area contributed by atoms with Gasteiger partial charge in [-0.25, -0.2) is 4.79 Å². The highest BCUT2D eigenvalue weighted by atomic mass is 16.6. The van der Waals surface area contributed by atoms with E-state index in [2.05, 4.69) is 17.4 Å². The summed E-state index contributed by atoms with van der Waals surface area (Å²) in [5, 5.41) is 2.94. The first-order valence-corrected chi connectivity index (χ1v) is 8.73. The fraction of sp³-hybridized carbons (Fsp3) is 0.333. The number of ether oxygens (including phenoxy) is 1. The van der Waals surface area contributed by atoms with Crippen LogP contribution in [0.25, 0.3) is 11.1 Å². The lowest BCUT2D eigenvalue weighted by molar-refractivity contribution is 0.0506. The molecular weight excluding hydrogens is 328 g/mol. The molecule has 26 heavy (non-hydrogen) atoms. The fourth-order valence-electron chi connectivity index (χ4n) is 3.23. The first-order chi connectivity index (χ1) is 12.2. The van der Waals surface area contributed by atoms with E-state index in [-0.39, 0.29) is 12.1 Å². The molecule has 1 atom stereocenters. The van der Waals surface area contributed by atoms with E-state index < -0.39 is 11.5 Å². The van der Waals surface area contributed by atoms with Crippen molar-refractivity contribution in [2.45, 2.75) is 45.3 Å². The van der Waals surface area contributed by atoms with Gasteiger partial charge >= 0.3 is 6.09 Å². The van der Waals surface area contributed by atoms with Crippen molar-refractivity contribution in [1.82, 2.24) is 5.32 Å². The van der Waals surface area contributed by atoms with Gasteiger partial charge in [-0.05, 0) is 68.0 Å². The third-order valence-corrected chi connectivity index (χ3v) is 4.34. The summed E-state index contributed by atoms with van der Waals surface area (Å²) in [7, 11) is 0. The number of alkyl carbamates (subject to hydrolysis) is 1. The van der Waals surface area contributed by atoms with Crippen LogP contribution in [0.15, 0.2) is 42.5 Å². The van der Waals surface area contributed by atoms with Crippen LogP contribution in [0.4, 0.5) is 4.79 Å². The number of benzene rings is 2. The summed E-state index contributed by atoms with van der Waals surface area (Å²) in [6.07, 6.45) is 1.17. The van der Waals surface area contributed by atoms with E-state index in [0.29, 0.717) is 5.56 Å². The number of rotatable bonds is 3. The predicted molar refractivity (Wildman–Crippen MR) is 101 cm³/mol. The van der Waals surface area contributed by atoms with E-state index in [0.717, 1.165) is 24.0 Å². The van der Waals surface area contributed by atoms with E-state index >= 15 is 0 Å². The van der Waals surface area contributed by atoms with Gasteiger partial charge in [-0.2, -0.15) is 0 Å². The number of amides is 2. The van der Waals surface area contributed by atoms with Crippen molar-refractivity contribution < 1.29 is 14.3 Å². The molecule has 2 amide bonds. The van der Waals surface area contributed by atoms with Crippen LogP contribution in [0.1, 0.15) is 42.3 Å². The van der Waals surface area contributed by atoms with E-state index in [1.807, 2.05) is 39.0 Å². The average molecular weight is 352 g/mol. The van der Waals surface area contributed by atoms with Crippen LogP contribution in [0.2, 0.25) is 0 Å². The SMILES string of the molecule is CC(C)(C)OC(=O)NC1Cc2ccc(-c3cccc(C(N)=O)c3)cc2C1. The van der Waals surface area contributed by atoms with Gasteiger partial charge in [0.05, 0.1) is 0 Å². The van der Waals surface area contributed by atoms with Gasteiger partial charge in [0.1, 0.15) is 5.60 Å². The molecule has 1 unspecified atom stereocenters. The maximum Gasteiger partial charge on any atom is 0.407 e. The molecule has 3 rings (SSSR count). The molecule has 136 valence electrons. The number of fused-ring (bicyclic) bond motifs is 1. The van der Waals surface area contributed by atoms with E-state index in [9.17, 15) is 9.59 Å². The minimum absolute atomic E-state index is 0.0343. The highest BCUT2D eigenvalue weighted by Crippen LogP contribution is 2.29. The summed E-state index contributed by atoms with van der Waals surface area (Å²) >= 11 is 0. The zero-order valence-electron chi connectivity index (χ0n) is 15.3. The molecule has 0 aromatic heterocycles. The minimum Gasteiger partial charge on any atom is -0.444 e. The van der Waals surface area contributed by atoms with Gasteiger partial charge in [-0.1, -0.05) is 30.3 Å². The molecule has 1 aliphatic rings. The first-order valence-electron chi connectivity index (χ1n) is 8.73. The number of primary amides is 1. The molecular formula is C21H24N2O3. The molecule has 0 radical (unpaired) electrons. The lowest BCUT2D eigenvalue weighted by Gasteiger charge is -2.21. The zero-order chi connectivity index (χ0) is 18.9. The number of carbonyl (C=O) groups is 2. The van der Waals surface area contributed by atoms with Crippen LogP contribution in [-0.4, -0.2) is 23.6 Å². The summed E-state index contributed by atoms with van der Waals surface area (Å²) in [6.45, 7) is 5.55. The van der Waals surface area contributed by atoms with Gasteiger partial charge in [0.2, 0.25) is 5.91 Å². The molecule has 0 bridgehead atoms. The number of nitrogens with two attached hydrogens (primary N) is 1. The van der Waals surface area contributed by atoms with Crippen LogP contribution in [-0.2, 0) is 17.6 Å². The Hall–Kier alpha value is -2.82. The molecule has 5 heteroatoms. The smallest absolute Gasteiger partial charge is 0.407 e. The van der Waals surface area contributed by atoms with Crippen molar-refractivity contribution >= 4 is 12.0 Å². The normalized spacial score (nSPS) is 16.0. The Morgan fingerprint density at radius 1 is 1.04 bits per heavy atom. The maximum absolute atomic E-state index is 12.0. The van der Waals surface area contributed by atoms with Crippen molar-refractivity contribution in [2.24, 2.45) is 5.73 Å². The molecule has 2 aromatic carbocycles. The van der Waals surface area contributed by atoms with Crippen LogP contribution in [0.5, 0.6) is 0 Å². The summed E-state index contributed by atoms with van der Waals surface area (Å²) in [4.78, 5) is 23.4. The number of carbonyl (C=O) groups excluding carboxylic acids is 2. The highest BCUT2D eigenvalue weighted by molar-refractivity contribution is 5.94. The zero-order valence-corrected chi connectivity index (χ0v) is 15.3. The van der Waals surface area contributed by atoms with Gasteiger partial charge in [0, 0.05) is 11.6 Å². The molecule has 0 saturated heterocycles. The Morgan fingerprint density at radius 2 is 1.73 bits per heavy atom. The topological polar surface area (TPSA) is 81.4 Å². The summed E-state index contributed by atoms with van der Waals surface area (Å²) in [5.74, 6) is -0.436. The Kier molecular flexibility index (Phi) is 4.72. The van der Waals surface area contributed by atoms with Crippen LogP contribution in [0, 0.1) is 0 Å². The summed E-state index contributed by atoms with van der Waals surface area (Å²) in [5.41, 5.74) is 9.76. The summed E-state index contributed by atoms with van der Waals surface area (Å²) in [6, 6.07) is 13.6. The standard InChI is InChI=1S/C21H24N2O3/c1-21(2,3)26-20(25)23-18-11-15-8-7-14(10-17(15)12-18)13-5-4-6-16(9-13)19(22)24/h4-10,18H,11-12H2,1-3H3,(H2,22,24)(H,23,25). The van der Waals surface area contributed by atoms with Crippen molar-refractivity contribution in [1.29, 1.82) is 0 Å². The first kappa shape index (κ1) is 18.0. The quantitative estimate of drug-likeness (QED) is 0.888. The second-order valence-electron chi connectivity index (χ2n) is 7.68.